The number of methoxy groups -OCH3 is 1. The van der Waals surface area contributed by atoms with Crippen LogP contribution in [0.2, 0.25) is 0 Å². The Balaban J connectivity index is 1.83. The summed E-state index contributed by atoms with van der Waals surface area (Å²) >= 11 is 0. The van der Waals surface area contributed by atoms with Crippen molar-refractivity contribution in [1.29, 1.82) is 0 Å². The summed E-state index contributed by atoms with van der Waals surface area (Å²) in [6.07, 6.45) is 3.51. The molecule has 0 amide bonds. The molecule has 0 aliphatic carbocycles. The Morgan fingerprint density at radius 3 is 2.86 bits per heavy atom. The van der Waals surface area contributed by atoms with Gasteiger partial charge in [-0.2, -0.15) is 0 Å². The molecule has 3 rings (SSSR count). The number of anilines is 1. The Labute approximate surface area is 128 Å². The van der Waals surface area contributed by atoms with Crippen molar-refractivity contribution in [3.8, 4) is 17.0 Å². The van der Waals surface area contributed by atoms with E-state index in [0.717, 1.165) is 22.6 Å². The molecular weight excluding hydrogens is 276 g/mol. The molecule has 0 radical (unpaired) electrons. The summed E-state index contributed by atoms with van der Waals surface area (Å²) in [7, 11) is 1.64. The van der Waals surface area contributed by atoms with Crippen LogP contribution in [0.4, 0.5) is 11.6 Å². The summed E-state index contributed by atoms with van der Waals surface area (Å²) in [5.41, 5.74) is 9.21. The third-order valence-electron chi connectivity index (χ3n) is 3.25. The first-order valence-corrected chi connectivity index (χ1v) is 6.84. The number of para-hydroxylation sites is 1. The SMILES string of the molecule is COc1cccc(-c2c[nH]c(N=Cc3ccccc3N)n2)c1. The lowest BCUT2D eigenvalue weighted by Gasteiger charge is -2.01. The Kier molecular flexibility index (Phi) is 3.87. The highest BCUT2D eigenvalue weighted by atomic mass is 16.5. The number of aromatic amines is 1. The smallest absolute Gasteiger partial charge is 0.227 e. The lowest BCUT2D eigenvalue weighted by Crippen LogP contribution is -1.91. The summed E-state index contributed by atoms with van der Waals surface area (Å²) in [5, 5.41) is 0. The summed E-state index contributed by atoms with van der Waals surface area (Å²) in [6, 6.07) is 15.3. The van der Waals surface area contributed by atoms with Gasteiger partial charge in [-0.05, 0) is 18.2 Å². The minimum Gasteiger partial charge on any atom is -0.497 e. The van der Waals surface area contributed by atoms with Crippen LogP contribution in [-0.2, 0) is 0 Å². The Bertz CT molecular complexity index is 808. The summed E-state index contributed by atoms with van der Waals surface area (Å²) in [4.78, 5) is 11.8. The van der Waals surface area contributed by atoms with Crippen LogP contribution in [-0.4, -0.2) is 23.3 Å². The van der Waals surface area contributed by atoms with Crippen LogP contribution in [0.1, 0.15) is 5.56 Å². The van der Waals surface area contributed by atoms with Crippen molar-refractivity contribution in [3.63, 3.8) is 0 Å². The zero-order valence-corrected chi connectivity index (χ0v) is 12.2. The van der Waals surface area contributed by atoms with Crippen molar-refractivity contribution >= 4 is 17.9 Å². The van der Waals surface area contributed by atoms with Crippen molar-refractivity contribution < 1.29 is 4.74 Å². The van der Waals surface area contributed by atoms with Gasteiger partial charge >= 0.3 is 0 Å². The molecule has 0 saturated carbocycles. The summed E-state index contributed by atoms with van der Waals surface area (Å²) in [5.74, 6) is 1.32. The molecule has 1 aromatic heterocycles. The van der Waals surface area contributed by atoms with E-state index in [1.807, 2.05) is 54.7 Å². The predicted molar refractivity (Wildman–Crippen MR) is 88.7 cm³/mol. The molecule has 0 fully saturated rings. The fraction of sp³-hybridized carbons (Fsp3) is 0.0588. The quantitative estimate of drug-likeness (QED) is 0.571. The van der Waals surface area contributed by atoms with Crippen molar-refractivity contribution in [1.82, 2.24) is 9.97 Å². The van der Waals surface area contributed by atoms with Crippen LogP contribution in [0, 0.1) is 0 Å². The Hall–Kier alpha value is -3.08. The van der Waals surface area contributed by atoms with E-state index in [1.54, 1.807) is 13.3 Å². The number of benzene rings is 2. The van der Waals surface area contributed by atoms with Gasteiger partial charge in [0.1, 0.15) is 5.75 Å². The number of hydrogen-bond acceptors (Lipinski definition) is 4. The topological polar surface area (TPSA) is 76.3 Å². The van der Waals surface area contributed by atoms with Gasteiger partial charge in [0.15, 0.2) is 0 Å². The van der Waals surface area contributed by atoms with Crippen LogP contribution < -0.4 is 10.5 Å². The van der Waals surface area contributed by atoms with E-state index in [0.29, 0.717) is 11.6 Å². The van der Waals surface area contributed by atoms with E-state index in [1.165, 1.54) is 0 Å². The molecule has 0 bridgehead atoms. The molecule has 0 atom stereocenters. The van der Waals surface area contributed by atoms with Gasteiger partial charge in [0, 0.05) is 29.2 Å². The maximum atomic E-state index is 5.88. The number of aliphatic imine (C=N–C) groups is 1. The molecule has 22 heavy (non-hydrogen) atoms. The molecule has 0 aliphatic heterocycles. The fourth-order valence-electron chi connectivity index (χ4n) is 2.07. The molecule has 110 valence electrons. The lowest BCUT2D eigenvalue weighted by molar-refractivity contribution is 0.415. The number of nitrogens with one attached hydrogen (secondary N) is 1. The molecule has 0 saturated heterocycles. The van der Waals surface area contributed by atoms with Gasteiger partial charge in [0.05, 0.1) is 12.8 Å². The maximum Gasteiger partial charge on any atom is 0.227 e. The summed E-state index contributed by atoms with van der Waals surface area (Å²) in [6.45, 7) is 0. The molecular formula is C17H16N4O. The first-order chi connectivity index (χ1) is 10.8. The number of imidazole rings is 1. The molecule has 5 nitrogen and oxygen atoms in total. The molecule has 0 spiro atoms. The number of nitrogens with zero attached hydrogens (tertiary/aromatic N) is 2. The molecule has 2 aromatic carbocycles. The number of aromatic nitrogens is 2. The predicted octanol–water partition coefficient (Wildman–Crippen LogP) is 3.42. The number of H-pyrrole nitrogens is 1. The molecule has 3 N–H and O–H groups in total. The van der Waals surface area contributed by atoms with Gasteiger partial charge < -0.3 is 15.5 Å². The average Bonchev–Trinajstić information content (AvgIpc) is 3.03. The van der Waals surface area contributed by atoms with Crippen molar-refractivity contribution in [3.05, 3.63) is 60.3 Å². The van der Waals surface area contributed by atoms with Gasteiger partial charge in [-0.3, -0.25) is 0 Å². The van der Waals surface area contributed by atoms with E-state index in [2.05, 4.69) is 15.0 Å². The largest absolute Gasteiger partial charge is 0.497 e. The van der Waals surface area contributed by atoms with Crippen LogP contribution in [0.25, 0.3) is 11.3 Å². The monoisotopic (exact) mass is 292 g/mol. The van der Waals surface area contributed by atoms with Gasteiger partial charge in [-0.25, -0.2) is 9.98 Å². The van der Waals surface area contributed by atoms with Crippen molar-refractivity contribution in [2.45, 2.75) is 0 Å². The first-order valence-electron chi connectivity index (χ1n) is 6.84. The van der Waals surface area contributed by atoms with E-state index in [-0.39, 0.29) is 0 Å². The van der Waals surface area contributed by atoms with Gasteiger partial charge in [0.25, 0.3) is 0 Å². The van der Waals surface area contributed by atoms with Crippen LogP contribution >= 0.6 is 0 Å². The third-order valence-corrected chi connectivity index (χ3v) is 3.25. The van der Waals surface area contributed by atoms with Crippen LogP contribution in [0.5, 0.6) is 5.75 Å². The zero-order chi connectivity index (χ0) is 15.4. The number of rotatable bonds is 4. The highest BCUT2D eigenvalue weighted by molar-refractivity contribution is 5.87. The van der Waals surface area contributed by atoms with Gasteiger partial charge in [-0.1, -0.05) is 30.3 Å². The van der Waals surface area contributed by atoms with E-state index in [9.17, 15) is 0 Å². The minimum atomic E-state index is 0.529. The zero-order valence-electron chi connectivity index (χ0n) is 12.2. The van der Waals surface area contributed by atoms with Crippen LogP contribution in [0.15, 0.2) is 59.7 Å². The minimum absolute atomic E-state index is 0.529. The molecule has 5 heteroatoms. The molecule has 0 unspecified atom stereocenters. The molecule has 3 aromatic rings. The number of hydrogen-bond donors (Lipinski definition) is 2. The summed E-state index contributed by atoms with van der Waals surface area (Å²) < 4.78 is 5.22. The highest BCUT2D eigenvalue weighted by Gasteiger charge is 2.04. The number of nitrogen functional groups attached to an aromatic ring is 1. The Morgan fingerprint density at radius 1 is 1.18 bits per heavy atom. The maximum absolute atomic E-state index is 5.88. The first kappa shape index (κ1) is 13.9. The third kappa shape index (κ3) is 2.98. The van der Waals surface area contributed by atoms with Crippen LogP contribution in [0.3, 0.4) is 0 Å². The number of nitrogens with two attached hydrogens (primary N) is 1. The van der Waals surface area contributed by atoms with Gasteiger partial charge in [-0.15, -0.1) is 0 Å². The molecule has 1 heterocycles. The normalized spacial score (nSPS) is 11.0. The van der Waals surface area contributed by atoms with E-state index in [4.69, 9.17) is 10.5 Å². The fourth-order valence-corrected chi connectivity index (χ4v) is 2.07. The Morgan fingerprint density at radius 2 is 2.05 bits per heavy atom. The highest BCUT2D eigenvalue weighted by Crippen LogP contribution is 2.23. The second-order valence-electron chi connectivity index (χ2n) is 4.73. The lowest BCUT2D eigenvalue weighted by atomic mass is 10.1. The van der Waals surface area contributed by atoms with Crippen molar-refractivity contribution in [2.24, 2.45) is 4.99 Å². The van der Waals surface area contributed by atoms with E-state index < -0.39 is 0 Å². The standard InChI is InChI=1S/C17H16N4O/c1-22-14-7-4-6-12(9-14)16-11-20-17(21-16)19-10-13-5-2-3-8-15(13)18/h2-11H,18H2,1H3,(H,20,21). The van der Waals surface area contributed by atoms with Crippen molar-refractivity contribution in [2.75, 3.05) is 12.8 Å². The molecule has 0 aliphatic rings. The van der Waals surface area contributed by atoms with E-state index >= 15 is 0 Å². The van der Waals surface area contributed by atoms with Gasteiger partial charge in [0.2, 0.25) is 5.95 Å². The number of ether oxygens (including phenoxy) is 1. The second-order valence-corrected chi connectivity index (χ2v) is 4.73. The second kappa shape index (κ2) is 6.13. The average molecular weight is 292 g/mol.